The quantitative estimate of drug-likeness (QED) is 0.816. The standard InChI is InChI=1S/C13H16N2O2/c1-2-5-15(6-3-1)9-12-8-13(14-17-12)11-4-7-16-10-11/h4,7-8,10H,1-3,5-6,9H2. The summed E-state index contributed by atoms with van der Waals surface area (Å²) in [4.78, 5) is 2.42. The monoisotopic (exact) mass is 232 g/mol. The average Bonchev–Trinajstić information content (AvgIpc) is 3.00. The Hall–Kier alpha value is -1.55. The summed E-state index contributed by atoms with van der Waals surface area (Å²) in [6.45, 7) is 3.20. The molecule has 0 spiro atoms. The second-order valence-corrected chi connectivity index (χ2v) is 4.53. The number of hydrogen-bond donors (Lipinski definition) is 0. The van der Waals surface area contributed by atoms with Gasteiger partial charge < -0.3 is 8.94 Å². The summed E-state index contributed by atoms with van der Waals surface area (Å²) in [5.74, 6) is 0.933. The van der Waals surface area contributed by atoms with Crippen molar-refractivity contribution in [3.63, 3.8) is 0 Å². The zero-order valence-corrected chi connectivity index (χ0v) is 9.76. The second kappa shape index (κ2) is 4.75. The highest BCUT2D eigenvalue weighted by molar-refractivity contribution is 5.56. The highest BCUT2D eigenvalue weighted by Gasteiger charge is 2.14. The van der Waals surface area contributed by atoms with Crippen LogP contribution in [-0.4, -0.2) is 23.1 Å². The first kappa shape index (κ1) is 10.6. The molecule has 90 valence electrons. The van der Waals surface area contributed by atoms with Crippen LogP contribution in [0.2, 0.25) is 0 Å². The Morgan fingerprint density at radius 2 is 2.12 bits per heavy atom. The molecule has 0 unspecified atom stereocenters. The molecule has 0 atom stereocenters. The maximum absolute atomic E-state index is 5.36. The molecule has 4 heteroatoms. The number of nitrogens with zero attached hydrogens (tertiary/aromatic N) is 2. The fourth-order valence-corrected chi connectivity index (χ4v) is 2.27. The molecule has 0 amide bonds. The Morgan fingerprint density at radius 1 is 1.24 bits per heavy atom. The van der Waals surface area contributed by atoms with E-state index in [1.165, 1.54) is 32.4 Å². The molecule has 3 rings (SSSR count). The zero-order valence-electron chi connectivity index (χ0n) is 9.76. The molecule has 1 fully saturated rings. The largest absolute Gasteiger partial charge is 0.472 e. The summed E-state index contributed by atoms with van der Waals surface area (Å²) in [6.07, 6.45) is 7.27. The van der Waals surface area contributed by atoms with E-state index in [9.17, 15) is 0 Å². The number of likely N-dealkylation sites (tertiary alicyclic amines) is 1. The van der Waals surface area contributed by atoms with Crippen LogP contribution in [0.25, 0.3) is 11.3 Å². The number of aromatic nitrogens is 1. The zero-order chi connectivity index (χ0) is 11.5. The summed E-state index contributed by atoms with van der Waals surface area (Å²) in [6, 6.07) is 3.89. The molecule has 1 aliphatic heterocycles. The van der Waals surface area contributed by atoms with Gasteiger partial charge in [0, 0.05) is 11.6 Å². The van der Waals surface area contributed by atoms with Crippen molar-refractivity contribution in [2.75, 3.05) is 13.1 Å². The molecule has 0 aromatic carbocycles. The van der Waals surface area contributed by atoms with E-state index < -0.39 is 0 Å². The Labute approximate surface area is 100 Å². The van der Waals surface area contributed by atoms with Gasteiger partial charge in [0.25, 0.3) is 0 Å². The van der Waals surface area contributed by atoms with Gasteiger partial charge in [-0.2, -0.15) is 0 Å². The topological polar surface area (TPSA) is 42.4 Å². The van der Waals surface area contributed by atoms with Crippen molar-refractivity contribution in [1.29, 1.82) is 0 Å². The Kier molecular flexibility index (Phi) is 2.96. The predicted octanol–water partition coefficient (Wildman–Crippen LogP) is 2.92. The first-order valence-corrected chi connectivity index (χ1v) is 6.12. The third kappa shape index (κ3) is 2.42. The van der Waals surface area contributed by atoms with E-state index in [2.05, 4.69) is 10.1 Å². The Balaban J connectivity index is 1.68. The van der Waals surface area contributed by atoms with Gasteiger partial charge in [-0.05, 0) is 32.0 Å². The van der Waals surface area contributed by atoms with Gasteiger partial charge >= 0.3 is 0 Å². The molecule has 1 aliphatic rings. The van der Waals surface area contributed by atoms with Crippen molar-refractivity contribution in [1.82, 2.24) is 10.1 Å². The molecule has 2 aromatic rings. The fraction of sp³-hybridized carbons (Fsp3) is 0.462. The van der Waals surface area contributed by atoms with Crippen LogP contribution in [0.3, 0.4) is 0 Å². The summed E-state index contributed by atoms with van der Waals surface area (Å²) in [5, 5.41) is 4.06. The SMILES string of the molecule is c1cc(-c2cc(CN3CCCCC3)on2)co1. The number of furan rings is 1. The lowest BCUT2D eigenvalue weighted by Crippen LogP contribution is -2.28. The van der Waals surface area contributed by atoms with Gasteiger partial charge in [-0.25, -0.2) is 0 Å². The van der Waals surface area contributed by atoms with Crippen LogP contribution in [0.15, 0.2) is 33.6 Å². The van der Waals surface area contributed by atoms with Gasteiger partial charge in [-0.3, -0.25) is 4.90 Å². The smallest absolute Gasteiger partial charge is 0.151 e. The molecular weight excluding hydrogens is 216 g/mol. The van der Waals surface area contributed by atoms with Crippen LogP contribution in [0.4, 0.5) is 0 Å². The molecule has 0 bridgehead atoms. The lowest BCUT2D eigenvalue weighted by atomic mass is 10.1. The van der Waals surface area contributed by atoms with Crippen molar-refractivity contribution in [3.8, 4) is 11.3 Å². The molecule has 0 aliphatic carbocycles. The van der Waals surface area contributed by atoms with Gasteiger partial charge in [0.05, 0.1) is 19.1 Å². The second-order valence-electron chi connectivity index (χ2n) is 4.53. The fourth-order valence-electron chi connectivity index (χ4n) is 2.27. The minimum atomic E-state index is 0.853. The van der Waals surface area contributed by atoms with E-state index in [1.807, 2.05) is 12.1 Å². The number of rotatable bonds is 3. The minimum Gasteiger partial charge on any atom is -0.472 e. The van der Waals surface area contributed by atoms with E-state index >= 15 is 0 Å². The highest BCUT2D eigenvalue weighted by atomic mass is 16.5. The van der Waals surface area contributed by atoms with E-state index in [0.29, 0.717) is 0 Å². The van der Waals surface area contributed by atoms with Crippen LogP contribution >= 0.6 is 0 Å². The van der Waals surface area contributed by atoms with Gasteiger partial charge in [-0.15, -0.1) is 0 Å². The lowest BCUT2D eigenvalue weighted by molar-refractivity contribution is 0.197. The van der Waals surface area contributed by atoms with E-state index in [1.54, 1.807) is 12.5 Å². The maximum atomic E-state index is 5.36. The summed E-state index contributed by atoms with van der Waals surface area (Å²) < 4.78 is 10.4. The van der Waals surface area contributed by atoms with Gasteiger partial charge in [-0.1, -0.05) is 11.6 Å². The first-order chi connectivity index (χ1) is 8.42. The first-order valence-electron chi connectivity index (χ1n) is 6.12. The lowest BCUT2D eigenvalue weighted by Gasteiger charge is -2.24. The van der Waals surface area contributed by atoms with Gasteiger partial charge in [0.15, 0.2) is 5.76 Å². The summed E-state index contributed by atoms with van der Waals surface area (Å²) in [5.41, 5.74) is 1.82. The molecule has 0 radical (unpaired) electrons. The van der Waals surface area contributed by atoms with E-state index in [0.717, 1.165) is 23.6 Å². The van der Waals surface area contributed by atoms with Crippen molar-refractivity contribution >= 4 is 0 Å². The Bertz CT molecular complexity index is 455. The molecular formula is C13H16N2O2. The highest BCUT2D eigenvalue weighted by Crippen LogP contribution is 2.21. The Morgan fingerprint density at radius 3 is 2.88 bits per heavy atom. The average molecular weight is 232 g/mol. The molecule has 0 saturated carbocycles. The van der Waals surface area contributed by atoms with E-state index in [4.69, 9.17) is 8.94 Å². The van der Waals surface area contributed by atoms with Crippen LogP contribution in [-0.2, 0) is 6.54 Å². The number of hydrogen-bond acceptors (Lipinski definition) is 4. The minimum absolute atomic E-state index is 0.853. The third-order valence-electron chi connectivity index (χ3n) is 3.20. The molecule has 17 heavy (non-hydrogen) atoms. The number of piperidine rings is 1. The molecule has 0 N–H and O–H groups in total. The van der Waals surface area contributed by atoms with E-state index in [-0.39, 0.29) is 0 Å². The van der Waals surface area contributed by atoms with Crippen LogP contribution in [0.5, 0.6) is 0 Å². The van der Waals surface area contributed by atoms with Crippen LogP contribution in [0.1, 0.15) is 25.0 Å². The molecule has 1 saturated heterocycles. The van der Waals surface area contributed by atoms with Crippen LogP contribution in [0, 0.1) is 0 Å². The van der Waals surface area contributed by atoms with Crippen molar-refractivity contribution in [3.05, 3.63) is 30.4 Å². The predicted molar refractivity (Wildman–Crippen MR) is 63.3 cm³/mol. The maximum Gasteiger partial charge on any atom is 0.151 e. The molecule has 4 nitrogen and oxygen atoms in total. The van der Waals surface area contributed by atoms with Crippen LogP contribution < -0.4 is 0 Å². The van der Waals surface area contributed by atoms with Crippen molar-refractivity contribution in [2.45, 2.75) is 25.8 Å². The molecule has 2 aromatic heterocycles. The van der Waals surface area contributed by atoms with Gasteiger partial charge in [0.2, 0.25) is 0 Å². The third-order valence-corrected chi connectivity index (χ3v) is 3.20. The normalized spacial score (nSPS) is 17.4. The summed E-state index contributed by atoms with van der Waals surface area (Å²) >= 11 is 0. The van der Waals surface area contributed by atoms with Crippen molar-refractivity contribution < 1.29 is 8.94 Å². The van der Waals surface area contributed by atoms with Gasteiger partial charge in [0.1, 0.15) is 5.69 Å². The molecule has 3 heterocycles. The van der Waals surface area contributed by atoms with Crippen molar-refractivity contribution in [2.24, 2.45) is 0 Å². The summed E-state index contributed by atoms with van der Waals surface area (Å²) in [7, 11) is 0.